The molecule has 3 N–H and O–H groups in total. The van der Waals surface area contributed by atoms with Crippen LogP contribution >= 0.6 is 15.9 Å². The van der Waals surface area contributed by atoms with Gasteiger partial charge in [0.1, 0.15) is 6.07 Å². The Balaban J connectivity index is 1.77. The number of fused-ring (bicyclic) bond motifs is 1. The lowest BCUT2D eigenvalue weighted by atomic mass is 9.68. The van der Waals surface area contributed by atoms with Crippen LogP contribution in [0.15, 0.2) is 22.7 Å². The van der Waals surface area contributed by atoms with E-state index in [2.05, 4.69) is 27.3 Å². The number of ether oxygens (including phenoxy) is 1. The number of hydrogen-bond acceptors (Lipinski definition) is 4. The number of halogens is 1. The summed E-state index contributed by atoms with van der Waals surface area (Å²) >= 11 is 3.37. The van der Waals surface area contributed by atoms with Gasteiger partial charge in [-0.25, -0.2) is 0 Å². The van der Waals surface area contributed by atoms with Crippen LogP contribution in [0.25, 0.3) is 0 Å². The van der Waals surface area contributed by atoms with Crippen LogP contribution in [0.1, 0.15) is 18.4 Å². The quantitative estimate of drug-likeness (QED) is 0.876. The molecule has 0 radical (unpaired) electrons. The van der Waals surface area contributed by atoms with Crippen LogP contribution in [-0.2, 0) is 4.74 Å². The van der Waals surface area contributed by atoms with Crippen LogP contribution in [0.3, 0.4) is 0 Å². The molecule has 0 amide bonds. The second kappa shape index (κ2) is 5.12. The Bertz CT molecular complexity index is 528. The molecule has 19 heavy (non-hydrogen) atoms. The smallest absolute Gasteiger partial charge is 0.101 e. The van der Waals surface area contributed by atoms with E-state index >= 15 is 0 Å². The summed E-state index contributed by atoms with van der Waals surface area (Å²) in [7, 11) is 0. The maximum absolute atomic E-state index is 9.17. The average molecular weight is 322 g/mol. The van der Waals surface area contributed by atoms with E-state index in [1.54, 1.807) is 0 Å². The lowest BCUT2D eigenvalue weighted by molar-refractivity contribution is -0.104. The molecule has 1 aromatic carbocycles. The summed E-state index contributed by atoms with van der Waals surface area (Å²) in [4.78, 5) is 0. The number of benzene rings is 1. The molecule has 1 saturated heterocycles. The van der Waals surface area contributed by atoms with Crippen LogP contribution in [0.4, 0.5) is 5.69 Å². The van der Waals surface area contributed by atoms with Crippen molar-refractivity contribution in [2.24, 2.45) is 11.7 Å². The van der Waals surface area contributed by atoms with Gasteiger partial charge in [0.25, 0.3) is 0 Å². The number of nitrogens with zero attached hydrogens (tertiary/aromatic N) is 1. The van der Waals surface area contributed by atoms with E-state index in [9.17, 15) is 5.26 Å². The number of anilines is 1. The van der Waals surface area contributed by atoms with E-state index in [4.69, 9.17) is 10.5 Å². The van der Waals surface area contributed by atoms with Gasteiger partial charge >= 0.3 is 0 Å². The maximum atomic E-state index is 9.17. The fourth-order valence-corrected chi connectivity index (χ4v) is 3.40. The zero-order chi connectivity index (χ0) is 13.4. The predicted octanol–water partition coefficient (Wildman–Crippen LogP) is 2.24. The first-order chi connectivity index (χ1) is 9.20. The number of hydrogen-bond donors (Lipinski definition) is 2. The van der Waals surface area contributed by atoms with Gasteiger partial charge in [0, 0.05) is 23.0 Å². The summed E-state index contributed by atoms with van der Waals surface area (Å²) in [6.07, 6.45) is 2.44. The van der Waals surface area contributed by atoms with E-state index in [-0.39, 0.29) is 18.2 Å². The van der Waals surface area contributed by atoms with Crippen molar-refractivity contribution in [1.29, 1.82) is 5.26 Å². The molecule has 4 nitrogen and oxygen atoms in total. The molecule has 0 bridgehead atoms. The van der Waals surface area contributed by atoms with Crippen LogP contribution in [0.2, 0.25) is 0 Å². The van der Waals surface area contributed by atoms with Gasteiger partial charge in [-0.2, -0.15) is 5.26 Å². The SMILES string of the molecule is N#Cc1cc(Br)ccc1NC1C(N)C2CCCOC21. The minimum atomic E-state index is 0.110. The zero-order valence-corrected chi connectivity index (χ0v) is 12.1. The summed E-state index contributed by atoms with van der Waals surface area (Å²) in [5.74, 6) is 0.465. The molecule has 2 aliphatic rings. The molecule has 0 aromatic heterocycles. The van der Waals surface area contributed by atoms with Crippen LogP contribution in [0.5, 0.6) is 0 Å². The van der Waals surface area contributed by atoms with E-state index < -0.39 is 0 Å². The van der Waals surface area contributed by atoms with Gasteiger partial charge in [-0.05, 0) is 31.0 Å². The van der Waals surface area contributed by atoms with Gasteiger partial charge in [0.15, 0.2) is 0 Å². The highest BCUT2D eigenvalue weighted by atomic mass is 79.9. The van der Waals surface area contributed by atoms with Crippen molar-refractivity contribution < 1.29 is 4.74 Å². The van der Waals surface area contributed by atoms with Gasteiger partial charge in [-0.1, -0.05) is 15.9 Å². The Labute approximate surface area is 121 Å². The molecule has 1 aromatic rings. The predicted molar refractivity (Wildman–Crippen MR) is 76.7 cm³/mol. The lowest BCUT2D eigenvalue weighted by Crippen LogP contribution is -2.69. The Hall–Kier alpha value is -1.09. The van der Waals surface area contributed by atoms with E-state index in [0.29, 0.717) is 11.5 Å². The number of nitriles is 1. The van der Waals surface area contributed by atoms with Gasteiger partial charge in [0.2, 0.25) is 0 Å². The fraction of sp³-hybridized carbons (Fsp3) is 0.500. The van der Waals surface area contributed by atoms with Crippen molar-refractivity contribution >= 4 is 21.6 Å². The van der Waals surface area contributed by atoms with Gasteiger partial charge in [-0.15, -0.1) is 0 Å². The van der Waals surface area contributed by atoms with Crippen LogP contribution in [0, 0.1) is 17.2 Å². The van der Waals surface area contributed by atoms with Gasteiger partial charge < -0.3 is 15.8 Å². The standard InChI is InChI=1S/C14H16BrN3O/c15-9-3-4-11(8(6-9)7-16)18-13-12(17)10-2-1-5-19-14(10)13/h3-4,6,10,12-14,18H,1-2,5,17H2. The third-order valence-electron chi connectivity index (χ3n) is 4.10. The summed E-state index contributed by atoms with van der Waals surface area (Å²) in [5, 5.41) is 12.6. The molecule has 4 unspecified atom stereocenters. The van der Waals surface area contributed by atoms with Gasteiger partial charge in [-0.3, -0.25) is 0 Å². The molecule has 1 aliphatic heterocycles. The number of nitrogens with one attached hydrogen (secondary N) is 1. The maximum Gasteiger partial charge on any atom is 0.101 e. The van der Waals surface area contributed by atoms with Crippen molar-refractivity contribution in [1.82, 2.24) is 0 Å². The molecule has 3 rings (SSSR count). The largest absolute Gasteiger partial charge is 0.377 e. The first kappa shape index (κ1) is 12.9. The Kier molecular flexibility index (Phi) is 3.48. The van der Waals surface area contributed by atoms with Crippen molar-refractivity contribution in [3.05, 3.63) is 28.2 Å². The fourth-order valence-electron chi connectivity index (χ4n) is 3.04. The monoisotopic (exact) mass is 321 g/mol. The van der Waals surface area contributed by atoms with Crippen LogP contribution < -0.4 is 11.1 Å². The van der Waals surface area contributed by atoms with E-state index in [1.165, 1.54) is 0 Å². The molecule has 2 fully saturated rings. The third-order valence-corrected chi connectivity index (χ3v) is 4.59. The number of nitrogens with two attached hydrogens (primary N) is 1. The molecule has 0 spiro atoms. The molecular weight excluding hydrogens is 306 g/mol. The Morgan fingerprint density at radius 1 is 1.47 bits per heavy atom. The normalized spacial score (nSPS) is 32.9. The highest BCUT2D eigenvalue weighted by molar-refractivity contribution is 9.10. The van der Waals surface area contributed by atoms with Crippen molar-refractivity contribution in [3.8, 4) is 6.07 Å². The summed E-state index contributed by atoms with van der Waals surface area (Å²) in [5.41, 5.74) is 7.67. The summed E-state index contributed by atoms with van der Waals surface area (Å²) in [6.45, 7) is 0.817. The highest BCUT2D eigenvalue weighted by Crippen LogP contribution is 2.39. The number of rotatable bonds is 2. The van der Waals surface area contributed by atoms with E-state index in [0.717, 1.165) is 29.6 Å². The molecule has 1 aliphatic carbocycles. The van der Waals surface area contributed by atoms with Gasteiger partial charge in [0.05, 0.1) is 23.4 Å². The Morgan fingerprint density at radius 2 is 2.32 bits per heavy atom. The molecule has 100 valence electrons. The minimum Gasteiger partial charge on any atom is -0.377 e. The molecule has 4 atom stereocenters. The molecule has 5 heteroatoms. The van der Waals surface area contributed by atoms with Crippen molar-refractivity contribution in [2.45, 2.75) is 31.0 Å². The van der Waals surface area contributed by atoms with Crippen LogP contribution in [-0.4, -0.2) is 24.8 Å². The Morgan fingerprint density at radius 3 is 3.11 bits per heavy atom. The van der Waals surface area contributed by atoms with Crippen molar-refractivity contribution in [2.75, 3.05) is 11.9 Å². The first-order valence-electron chi connectivity index (χ1n) is 6.54. The molecular formula is C14H16BrN3O. The summed E-state index contributed by atoms with van der Waals surface area (Å²) in [6, 6.07) is 8.07. The second-order valence-electron chi connectivity index (χ2n) is 5.19. The second-order valence-corrected chi connectivity index (χ2v) is 6.11. The third kappa shape index (κ3) is 2.25. The first-order valence-corrected chi connectivity index (χ1v) is 7.33. The average Bonchev–Trinajstić information content (AvgIpc) is 2.45. The van der Waals surface area contributed by atoms with E-state index in [1.807, 2.05) is 18.2 Å². The lowest BCUT2D eigenvalue weighted by Gasteiger charge is -2.52. The zero-order valence-electron chi connectivity index (χ0n) is 10.5. The van der Waals surface area contributed by atoms with Crippen molar-refractivity contribution in [3.63, 3.8) is 0 Å². The topological polar surface area (TPSA) is 71.1 Å². The minimum absolute atomic E-state index is 0.110. The molecule has 1 heterocycles. The highest BCUT2D eigenvalue weighted by Gasteiger charge is 2.50. The summed E-state index contributed by atoms with van der Waals surface area (Å²) < 4.78 is 6.70. The molecule has 1 saturated carbocycles.